The van der Waals surface area contributed by atoms with Crippen molar-refractivity contribution in [2.45, 2.75) is 50.5 Å². The van der Waals surface area contributed by atoms with Crippen LogP contribution in [0, 0.1) is 0 Å². The van der Waals surface area contributed by atoms with Crippen LogP contribution >= 0.6 is 23.2 Å². The van der Waals surface area contributed by atoms with Crippen LogP contribution in [0.2, 0.25) is 5.02 Å². The maximum Gasteiger partial charge on any atom is 0.242 e. The second-order valence-corrected chi connectivity index (χ2v) is 6.81. The molecule has 108 valence electrons. The Morgan fingerprint density at radius 1 is 1.40 bits per heavy atom. The van der Waals surface area contributed by atoms with Crippen molar-refractivity contribution in [2.24, 2.45) is 0 Å². The molecule has 1 aromatic carbocycles. The molecule has 2 aliphatic rings. The van der Waals surface area contributed by atoms with Gasteiger partial charge in [-0.15, -0.1) is 11.6 Å². The van der Waals surface area contributed by atoms with Crippen LogP contribution < -0.4 is 4.90 Å². The van der Waals surface area contributed by atoms with Gasteiger partial charge in [-0.05, 0) is 48.9 Å². The second-order valence-electron chi connectivity index (χ2n) is 6.10. The summed E-state index contributed by atoms with van der Waals surface area (Å²) in [6.07, 6.45) is 5.58. The van der Waals surface area contributed by atoms with E-state index in [0.29, 0.717) is 5.92 Å². The quantitative estimate of drug-likeness (QED) is 0.686. The number of amides is 1. The first-order valence-corrected chi connectivity index (χ1v) is 8.17. The lowest BCUT2D eigenvalue weighted by atomic mass is 9.77. The van der Waals surface area contributed by atoms with Crippen LogP contribution in [0.5, 0.6) is 0 Å². The van der Waals surface area contributed by atoms with Crippen molar-refractivity contribution in [3.8, 4) is 0 Å². The van der Waals surface area contributed by atoms with Gasteiger partial charge < -0.3 is 4.90 Å². The first kappa shape index (κ1) is 14.2. The second kappa shape index (κ2) is 5.23. The third-order valence-corrected chi connectivity index (χ3v) is 5.28. The maximum absolute atomic E-state index is 12.4. The van der Waals surface area contributed by atoms with E-state index in [2.05, 4.69) is 6.92 Å². The molecule has 2 nitrogen and oxygen atoms in total. The minimum atomic E-state index is -0.0216. The van der Waals surface area contributed by atoms with Gasteiger partial charge in [0.25, 0.3) is 0 Å². The molecule has 1 aromatic rings. The van der Waals surface area contributed by atoms with Crippen LogP contribution in [-0.2, 0) is 4.79 Å². The van der Waals surface area contributed by atoms with Gasteiger partial charge >= 0.3 is 0 Å². The van der Waals surface area contributed by atoms with Crippen molar-refractivity contribution < 1.29 is 4.79 Å². The Hall–Kier alpha value is -0.730. The summed E-state index contributed by atoms with van der Waals surface area (Å²) in [6.45, 7) is 2.23. The summed E-state index contributed by atoms with van der Waals surface area (Å²) in [5.74, 6) is 0.489. The van der Waals surface area contributed by atoms with Gasteiger partial charge in [0.1, 0.15) is 5.88 Å². The molecule has 1 unspecified atom stereocenters. The van der Waals surface area contributed by atoms with Gasteiger partial charge in [0, 0.05) is 16.2 Å². The average Bonchev–Trinajstić information content (AvgIpc) is 2.88. The van der Waals surface area contributed by atoms with Crippen molar-refractivity contribution >= 4 is 34.8 Å². The van der Waals surface area contributed by atoms with Crippen LogP contribution in [0.4, 0.5) is 5.69 Å². The number of anilines is 1. The molecule has 1 spiro atoms. The molecule has 1 saturated carbocycles. The molecular weight excluding hydrogens is 293 g/mol. The van der Waals surface area contributed by atoms with E-state index in [-0.39, 0.29) is 17.3 Å². The molecule has 1 atom stereocenters. The summed E-state index contributed by atoms with van der Waals surface area (Å²) in [4.78, 5) is 14.4. The van der Waals surface area contributed by atoms with Crippen molar-refractivity contribution in [3.05, 3.63) is 28.8 Å². The molecule has 3 rings (SSSR count). The maximum atomic E-state index is 12.4. The van der Waals surface area contributed by atoms with Crippen molar-refractivity contribution in [3.63, 3.8) is 0 Å². The van der Waals surface area contributed by atoms with Crippen LogP contribution in [0.3, 0.4) is 0 Å². The normalized spacial score (nSPS) is 23.9. The van der Waals surface area contributed by atoms with E-state index in [1.807, 2.05) is 23.1 Å². The Morgan fingerprint density at radius 2 is 2.10 bits per heavy atom. The highest BCUT2D eigenvalue weighted by Crippen LogP contribution is 2.51. The highest BCUT2D eigenvalue weighted by atomic mass is 35.5. The molecule has 0 N–H and O–H groups in total. The zero-order valence-electron chi connectivity index (χ0n) is 11.7. The number of alkyl halides is 1. The van der Waals surface area contributed by atoms with Crippen molar-refractivity contribution in [2.75, 3.05) is 10.8 Å². The molecular formula is C16H19Cl2NO. The SMILES string of the molecule is CC1CC2(CCCC2)N(C(=O)CCl)c2ccc(Cl)cc21. The highest BCUT2D eigenvalue weighted by Gasteiger charge is 2.47. The number of hydrogen-bond donors (Lipinski definition) is 0. The fraction of sp³-hybridized carbons (Fsp3) is 0.562. The summed E-state index contributed by atoms with van der Waals surface area (Å²) in [5, 5.41) is 0.733. The van der Waals surface area contributed by atoms with Crippen LogP contribution in [0.25, 0.3) is 0 Å². The molecule has 0 bridgehead atoms. The molecule has 0 radical (unpaired) electrons. The number of carbonyl (C=O) groups is 1. The third-order valence-electron chi connectivity index (χ3n) is 4.82. The van der Waals surface area contributed by atoms with Gasteiger partial charge in [-0.25, -0.2) is 0 Å². The fourth-order valence-electron chi connectivity index (χ4n) is 4.07. The highest BCUT2D eigenvalue weighted by molar-refractivity contribution is 6.31. The summed E-state index contributed by atoms with van der Waals surface area (Å²) in [6, 6.07) is 5.85. The number of halogens is 2. The summed E-state index contributed by atoms with van der Waals surface area (Å²) >= 11 is 12.0. The van der Waals surface area contributed by atoms with Gasteiger partial charge in [0.05, 0.1) is 0 Å². The zero-order chi connectivity index (χ0) is 14.3. The molecule has 0 saturated heterocycles. The Bertz CT molecular complexity index is 537. The standard InChI is InChI=1S/C16H19Cl2NO/c1-11-9-16(6-2-3-7-16)19(15(20)10-17)14-5-4-12(18)8-13(11)14/h4-5,8,11H,2-3,6-7,9-10H2,1H3. The van der Waals surface area contributed by atoms with E-state index in [0.717, 1.165) is 30.0 Å². The van der Waals surface area contributed by atoms with E-state index in [4.69, 9.17) is 23.2 Å². The Kier molecular flexibility index (Phi) is 3.72. The number of hydrogen-bond acceptors (Lipinski definition) is 1. The topological polar surface area (TPSA) is 20.3 Å². The van der Waals surface area contributed by atoms with E-state index in [1.165, 1.54) is 18.4 Å². The monoisotopic (exact) mass is 311 g/mol. The number of rotatable bonds is 1. The van der Waals surface area contributed by atoms with Gasteiger partial charge in [-0.3, -0.25) is 4.79 Å². The van der Waals surface area contributed by atoms with E-state index >= 15 is 0 Å². The van der Waals surface area contributed by atoms with Crippen molar-refractivity contribution in [1.82, 2.24) is 0 Å². The van der Waals surface area contributed by atoms with Crippen molar-refractivity contribution in [1.29, 1.82) is 0 Å². The summed E-state index contributed by atoms with van der Waals surface area (Å²) in [7, 11) is 0. The number of carbonyl (C=O) groups excluding carboxylic acids is 1. The molecule has 0 aromatic heterocycles. The predicted octanol–water partition coefficient (Wildman–Crippen LogP) is 4.73. The Morgan fingerprint density at radius 3 is 2.75 bits per heavy atom. The lowest BCUT2D eigenvalue weighted by Crippen LogP contribution is -2.54. The zero-order valence-corrected chi connectivity index (χ0v) is 13.2. The Labute approximate surface area is 130 Å². The van der Waals surface area contributed by atoms with Gasteiger partial charge in [0.2, 0.25) is 5.91 Å². The van der Waals surface area contributed by atoms with E-state index in [1.54, 1.807) is 0 Å². The molecule has 1 amide bonds. The van der Waals surface area contributed by atoms with Gasteiger partial charge in [0.15, 0.2) is 0 Å². The lowest BCUT2D eigenvalue weighted by Gasteiger charge is -2.48. The third kappa shape index (κ3) is 2.14. The van der Waals surface area contributed by atoms with Crippen LogP contribution in [0.15, 0.2) is 18.2 Å². The van der Waals surface area contributed by atoms with E-state index < -0.39 is 0 Å². The number of fused-ring (bicyclic) bond motifs is 1. The lowest BCUT2D eigenvalue weighted by molar-refractivity contribution is -0.117. The van der Waals surface area contributed by atoms with Crippen LogP contribution in [0.1, 0.15) is 50.5 Å². The smallest absolute Gasteiger partial charge is 0.242 e. The minimum Gasteiger partial charge on any atom is -0.305 e. The molecule has 1 aliphatic heterocycles. The fourth-order valence-corrected chi connectivity index (χ4v) is 4.37. The molecule has 4 heteroatoms. The number of benzene rings is 1. The Balaban J connectivity index is 2.14. The number of nitrogens with zero attached hydrogens (tertiary/aromatic N) is 1. The molecule has 1 heterocycles. The average molecular weight is 312 g/mol. The first-order chi connectivity index (χ1) is 9.57. The first-order valence-electron chi connectivity index (χ1n) is 7.26. The molecule has 20 heavy (non-hydrogen) atoms. The van der Waals surface area contributed by atoms with E-state index in [9.17, 15) is 4.79 Å². The summed E-state index contributed by atoms with van der Waals surface area (Å²) < 4.78 is 0. The van der Waals surface area contributed by atoms with Crippen LogP contribution in [-0.4, -0.2) is 17.3 Å². The summed E-state index contributed by atoms with van der Waals surface area (Å²) in [5.41, 5.74) is 2.17. The molecule has 1 aliphatic carbocycles. The van der Waals surface area contributed by atoms with Gasteiger partial charge in [-0.2, -0.15) is 0 Å². The largest absolute Gasteiger partial charge is 0.305 e. The molecule has 1 fully saturated rings. The minimum absolute atomic E-state index is 0.0176. The predicted molar refractivity (Wildman–Crippen MR) is 83.9 cm³/mol. The van der Waals surface area contributed by atoms with Gasteiger partial charge in [-0.1, -0.05) is 31.4 Å².